The lowest BCUT2D eigenvalue weighted by atomic mass is 10.1. The summed E-state index contributed by atoms with van der Waals surface area (Å²) >= 11 is 0. The first-order valence-corrected chi connectivity index (χ1v) is 5.69. The molecule has 90 valence electrons. The van der Waals surface area contributed by atoms with Gasteiger partial charge in [-0.15, -0.1) is 0 Å². The van der Waals surface area contributed by atoms with E-state index >= 15 is 0 Å². The first kappa shape index (κ1) is 11.7. The quantitative estimate of drug-likeness (QED) is 0.857. The fraction of sp³-hybridized carbons (Fsp3) is 0.417. The molecule has 2 N–H and O–H groups in total. The number of hydrogen-bond acceptors (Lipinski definition) is 4. The van der Waals surface area contributed by atoms with Crippen LogP contribution < -0.4 is 5.73 Å². The Bertz CT molecular complexity index is 491. The molecule has 1 atom stereocenters. The summed E-state index contributed by atoms with van der Waals surface area (Å²) in [7, 11) is 1.94. The maximum absolute atomic E-state index is 6.11. The minimum Gasteiger partial charge on any atom is -0.323 e. The van der Waals surface area contributed by atoms with Crippen molar-refractivity contribution in [3.8, 4) is 0 Å². The van der Waals surface area contributed by atoms with E-state index in [-0.39, 0.29) is 6.04 Å². The summed E-state index contributed by atoms with van der Waals surface area (Å²) in [5.74, 6) is 0.762. The van der Waals surface area contributed by atoms with Gasteiger partial charge in [-0.3, -0.25) is 4.68 Å². The lowest BCUT2D eigenvalue weighted by molar-refractivity contribution is 0.599. The van der Waals surface area contributed by atoms with Gasteiger partial charge in [0.1, 0.15) is 5.82 Å². The van der Waals surface area contributed by atoms with Crippen LogP contribution in [0.3, 0.4) is 0 Å². The molecule has 0 spiro atoms. The van der Waals surface area contributed by atoms with Gasteiger partial charge in [0, 0.05) is 31.2 Å². The van der Waals surface area contributed by atoms with Crippen LogP contribution in [0.5, 0.6) is 0 Å². The van der Waals surface area contributed by atoms with Crippen LogP contribution in [0.1, 0.15) is 29.7 Å². The van der Waals surface area contributed by atoms with Crippen molar-refractivity contribution in [3.05, 3.63) is 41.7 Å². The molecule has 2 aromatic heterocycles. The molecule has 0 fully saturated rings. The van der Waals surface area contributed by atoms with E-state index in [9.17, 15) is 0 Å². The van der Waals surface area contributed by atoms with Gasteiger partial charge in [0.05, 0.1) is 5.69 Å². The van der Waals surface area contributed by atoms with Gasteiger partial charge < -0.3 is 5.73 Å². The predicted octanol–water partition coefficient (Wildman–Crippen LogP) is 1.15. The molecular weight excluding hydrogens is 214 g/mol. The van der Waals surface area contributed by atoms with Crippen LogP contribution in [-0.4, -0.2) is 19.7 Å². The van der Waals surface area contributed by atoms with Crippen molar-refractivity contribution in [1.82, 2.24) is 19.7 Å². The zero-order valence-electron chi connectivity index (χ0n) is 10.2. The minimum atomic E-state index is -0.0494. The largest absolute Gasteiger partial charge is 0.323 e. The Morgan fingerprint density at radius 2 is 2.18 bits per heavy atom. The summed E-state index contributed by atoms with van der Waals surface area (Å²) in [6.07, 6.45) is 5.31. The number of aromatic nitrogens is 4. The first-order chi connectivity index (χ1) is 8.16. The Hall–Kier alpha value is -1.75. The summed E-state index contributed by atoms with van der Waals surface area (Å²) in [6.45, 7) is 1.87. The first-order valence-electron chi connectivity index (χ1n) is 5.69. The van der Waals surface area contributed by atoms with Crippen molar-refractivity contribution in [2.75, 3.05) is 0 Å². The van der Waals surface area contributed by atoms with Crippen LogP contribution in [0.15, 0.2) is 24.5 Å². The fourth-order valence-electron chi connectivity index (χ4n) is 1.78. The zero-order valence-corrected chi connectivity index (χ0v) is 10.2. The second kappa shape index (κ2) is 5.05. The van der Waals surface area contributed by atoms with Crippen molar-refractivity contribution >= 4 is 0 Å². The summed E-state index contributed by atoms with van der Waals surface area (Å²) in [5.41, 5.74) is 8.20. The average Bonchev–Trinajstić information content (AvgIpc) is 2.72. The Morgan fingerprint density at radius 3 is 2.82 bits per heavy atom. The van der Waals surface area contributed by atoms with Gasteiger partial charge in [-0.05, 0) is 31.9 Å². The highest BCUT2D eigenvalue weighted by Gasteiger charge is 2.09. The van der Waals surface area contributed by atoms with E-state index in [4.69, 9.17) is 5.73 Å². The number of hydrogen-bond donors (Lipinski definition) is 1. The zero-order chi connectivity index (χ0) is 12.3. The Kier molecular flexibility index (Phi) is 3.49. The molecule has 5 heteroatoms. The van der Waals surface area contributed by atoms with Gasteiger partial charge in [0.2, 0.25) is 0 Å². The number of aryl methyl sites for hydroxylation is 3. The van der Waals surface area contributed by atoms with E-state index in [2.05, 4.69) is 15.1 Å². The fourth-order valence-corrected chi connectivity index (χ4v) is 1.78. The summed E-state index contributed by atoms with van der Waals surface area (Å²) < 4.78 is 1.87. The minimum absolute atomic E-state index is 0.0494. The highest BCUT2D eigenvalue weighted by atomic mass is 15.2. The second-order valence-electron chi connectivity index (χ2n) is 4.12. The molecule has 0 amide bonds. The van der Waals surface area contributed by atoms with E-state index in [1.54, 1.807) is 12.4 Å². The van der Waals surface area contributed by atoms with Crippen molar-refractivity contribution in [3.63, 3.8) is 0 Å². The molecule has 0 aliphatic rings. The third kappa shape index (κ3) is 2.88. The van der Waals surface area contributed by atoms with Gasteiger partial charge >= 0.3 is 0 Å². The topological polar surface area (TPSA) is 69.6 Å². The van der Waals surface area contributed by atoms with Crippen LogP contribution in [-0.2, 0) is 13.5 Å². The smallest absolute Gasteiger partial charge is 0.125 e. The normalized spacial score (nSPS) is 12.6. The Balaban J connectivity index is 1.98. The highest BCUT2D eigenvalue weighted by molar-refractivity contribution is 5.08. The molecule has 2 aromatic rings. The summed E-state index contributed by atoms with van der Waals surface area (Å²) in [4.78, 5) is 8.40. The van der Waals surface area contributed by atoms with Crippen molar-refractivity contribution in [2.24, 2.45) is 12.8 Å². The SMILES string of the molecule is Cc1nccc(C(N)CCc2ccnn2C)n1. The molecule has 0 radical (unpaired) electrons. The van der Waals surface area contributed by atoms with E-state index in [1.165, 1.54) is 5.69 Å². The van der Waals surface area contributed by atoms with E-state index in [1.807, 2.05) is 30.8 Å². The van der Waals surface area contributed by atoms with E-state index < -0.39 is 0 Å². The van der Waals surface area contributed by atoms with Gasteiger partial charge in [0.25, 0.3) is 0 Å². The van der Waals surface area contributed by atoms with E-state index in [0.717, 1.165) is 24.4 Å². The molecular formula is C12H17N5. The van der Waals surface area contributed by atoms with Crippen molar-refractivity contribution in [2.45, 2.75) is 25.8 Å². The highest BCUT2D eigenvalue weighted by Crippen LogP contribution is 2.14. The predicted molar refractivity (Wildman–Crippen MR) is 65.2 cm³/mol. The third-order valence-corrected chi connectivity index (χ3v) is 2.81. The molecule has 2 rings (SSSR count). The van der Waals surface area contributed by atoms with Gasteiger partial charge in [0.15, 0.2) is 0 Å². The van der Waals surface area contributed by atoms with Gasteiger partial charge in [-0.2, -0.15) is 5.10 Å². The maximum atomic E-state index is 6.11. The third-order valence-electron chi connectivity index (χ3n) is 2.81. The number of rotatable bonds is 4. The van der Waals surface area contributed by atoms with Gasteiger partial charge in [-0.25, -0.2) is 9.97 Å². The van der Waals surface area contributed by atoms with E-state index in [0.29, 0.717) is 0 Å². The molecule has 1 unspecified atom stereocenters. The monoisotopic (exact) mass is 231 g/mol. The molecule has 2 heterocycles. The Labute approximate surface area is 101 Å². The molecule has 0 saturated carbocycles. The van der Waals surface area contributed by atoms with Crippen molar-refractivity contribution in [1.29, 1.82) is 0 Å². The van der Waals surface area contributed by atoms with Crippen LogP contribution in [0.4, 0.5) is 0 Å². The van der Waals surface area contributed by atoms with Crippen LogP contribution in [0.25, 0.3) is 0 Å². The van der Waals surface area contributed by atoms with Crippen molar-refractivity contribution < 1.29 is 0 Å². The number of nitrogens with zero attached hydrogens (tertiary/aromatic N) is 4. The maximum Gasteiger partial charge on any atom is 0.125 e. The molecule has 0 saturated heterocycles. The molecule has 0 aliphatic carbocycles. The van der Waals surface area contributed by atoms with Gasteiger partial charge in [-0.1, -0.05) is 0 Å². The molecule has 0 aromatic carbocycles. The molecule has 0 aliphatic heterocycles. The molecule has 0 bridgehead atoms. The number of nitrogens with two attached hydrogens (primary N) is 1. The lowest BCUT2D eigenvalue weighted by Crippen LogP contribution is -2.14. The molecule has 17 heavy (non-hydrogen) atoms. The van der Waals surface area contributed by atoms with Crippen LogP contribution in [0, 0.1) is 6.92 Å². The Morgan fingerprint density at radius 1 is 1.35 bits per heavy atom. The second-order valence-corrected chi connectivity index (χ2v) is 4.12. The van der Waals surface area contributed by atoms with Crippen LogP contribution in [0.2, 0.25) is 0 Å². The summed E-state index contributed by atoms with van der Waals surface area (Å²) in [6, 6.07) is 3.84. The molecule has 5 nitrogen and oxygen atoms in total. The van der Waals surface area contributed by atoms with Crippen LogP contribution >= 0.6 is 0 Å². The average molecular weight is 231 g/mol. The lowest BCUT2D eigenvalue weighted by Gasteiger charge is -2.11. The standard InChI is InChI=1S/C12H17N5/c1-9-14-7-6-12(16-9)11(13)4-3-10-5-8-15-17(10)2/h5-8,11H,3-4,13H2,1-2H3. The summed E-state index contributed by atoms with van der Waals surface area (Å²) in [5, 5.41) is 4.13.